The first-order chi connectivity index (χ1) is 11.0. The zero-order valence-corrected chi connectivity index (χ0v) is 13.4. The Morgan fingerprint density at radius 3 is 2.52 bits per heavy atom. The van der Waals surface area contributed by atoms with Gasteiger partial charge in [-0.2, -0.15) is 0 Å². The lowest BCUT2D eigenvalue weighted by Gasteiger charge is -2.21. The van der Waals surface area contributed by atoms with Crippen molar-refractivity contribution in [2.75, 3.05) is 11.9 Å². The number of para-hydroxylation sites is 1. The predicted molar refractivity (Wildman–Crippen MR) is 86.4 cm³/mol. The number of hydrogen-bond acceptors (Lipinski definition) is 3. The molecule has 6 nitrogen and oxygen atoms in total. The Kier molecular flexibility index (Phi) is 5.36. The number of anilines is 1. The Hall–Kier alpha value is -2.37. The fourth-order valence-corrected chi connectivity index (χ4v) is 2.46. The number of carbonyl (C=O) groups excluding carboxylic acids is 2. The molecule has 124 valence electrons. The summed E-state index contributed by atoms with van der Waals surface area (Å²) in [5, 5.41) is 11.7. The fourth-order valence-electron chi connectivity index (χ4n) is 2.46. The smallest absolute Gasteiger partial charge is 0.326 e. The molecule has 0 heterocycles. The summed E-state index contributed by atoms with van der Waals surface area (Å²) in [5.74, 6) is -1.49. The first-order valence-electron chi connectivity index (χ1n) is 7.86. The average Bonchev–Trinajstić information content (AvgIpc) is 3.37. The molecule has 1 aliphatic rings. The van der Waals surface area contributed by atoms with Crippen LogP contribution in [0.4, 0.5) is 5.69 Å². The maximum atomic E-state index is 12.5. The van der Waals surface area contributed by atoms with Crippen molar-refractivity contribution in [1.82, 2.24) is 5.32 Å². The number of benzene rings is 1. The molecule has 0 aliphatic heterocycles. The van der Waals surface area contributed by atoms with E-state index in [1.807, 2.05) is 6.92 Å². The molecule has 1 unspecified atom stereocenters. The molecule has 0 aromatic heterocycles. The topological polar surface area (TPSA) is 86.7 Å². The minimum atomic E-state index is -1.06. The largest absolute Gasteiger partial charge is 0.480 e. The van der Waals surface area contributed by atoms with Gasteiger partial charge in [0.2, 0.25) is 5.91 Å². The normalized spacial score (nSPS) is 14.9. The van der Waals surface area contributed by atoms with Crippen LogP contribution in [-0.4, -0.2) is 36.0 Å². The third-order valence-electron chi connectivity index (χ3n) is 3.95. The SMILES string of the molecule is CCCC(NC(=O)c1ccccc1N(C)C(=O)C1CC1)C(=O)O. The monoisotopic (exact) mass is 318 g/mol. The number of nitrogens with one attached hydrogen (secondary N) is 1. The number of carboxylic acid groups (broad SMARTS) is 1. The van der Waals surface area contributed by atoms with Gasteiger partial charge in [0, 0.05) is 13.0 Å². The zero-order chi connectivity index (χ0) is 17.0. The second kappa shape index (κ2) is 7.26. The number of aliphatic carboxylic acids is 1. The summed E-state index contributed by atoms with van der Waals surface area (Å²) >= 11 is 0. The number of nitrogens with zero attached hydrogens (tertiary/aromatic N) is 1. The van der Waals surface area contributed by atoms with Gasteiger partial charge in [-0.3, -0.25) is 9.59 Å². The van der Waals surface area contributed by atoms with Gasteiger partial charge >= 0.3 is 5.97 Å². The van der Waals surface area contributed by atoms with E-state index in [1.54, 1.807) is 31.3 Å². The summed E-state index contributed by atoms with van der Waals surface area (Å²) in [6, 6.07) is 5.83. The lowest BCUT2D eigenvalue weighted by atomic mass is 10.1. The van der Waals surface area contributed by atoms with Gasteiger partial charge in [-0.05, 0) is 31.4 Å². The highest BCUT2D eigenvalue weighted by atomic mass is 16.4. The van der Waals surface area contributed by atoms with E-state index in [-0.39, 0.29) is 11.8 Å². The van der Waals surface area contributed by atoms with Crippen molar-refractivity contribution in [1.29, 1.82) is 0 Å². The van der Waals surface area contributed by atoms with Crippen molar-refractivity contribution in [3.63, 3.8) is 0 Å². The van der Waals surface area contributed by atoms with Crippen LogP contribution >= 0.6 is 0 Å². The lowest BCUT2D eigenvalue weighted by Crippen LogP contribution is -2.41. The number of amides is 2. The fraction of sp³-hybridized carbons (Fsp3) is 0.471. The van der Waals surface area contributed by atoms with Gasteiger partial charge in [0.25, 0.3) is 5.91 Å². The van der Waals surface area contributed by atoms with Crippen molar-refractivity contribution in [2.24, 2.45) is 5.92 Å². The zero-order valence-electron chi connectivity index (χ0n) is 13.4. The Morgan fingerprint density at radius 1 is 1.30 bits per heavy atom. The van der Waals surface area contributed by atoms with Crippen LogP contribution in [0.15, 0.2) is 24.3 Å². The van der Waals surface area contributed by atoms with Crippen molar-refractivity contribution in [2.45, 2.75) is 38.6 Å². The summed E-state index contributed by atoms with van der Waals surface area (Å²) in [4.78, 5) is 37.4. The van der Waals surface area contributed by atoms with E-state index in [0.29, 0.717) is 24.1 Å². The third kappa shape index (κ3) is 4.09. The molecule has 0 radical (unpaired) electrons. The van der Waals surface area contributed by atoms with Crippen molar-refractivity contribution in [3.8, 4) is 0 Å². The Morgan fingerprint density at radius 2 is 1.96 bits per heavy atom. The van der Waals surface area contributed by atoms with Crippen LogP contribution in [0.2, 0.25) is 0 Å². The molecule has 2 rings (SSSR count). The molecule has 1 aromatic carbocycles. The summed E-state index contributed by atoms with van der Waals surface area (Å²) in [6.45, 7) is 1.86. The first-order valence-corrected chi connectivity index (χ1v) is 7.86. The highest BCUT2D eigenvalue weighted by Crippen LogP contribution is 2.33. The highest BCUT2D eigenvalue weighted by molar-refractivity contribution is 6.06. The van der Waals surface area contributed by atoms with Crippen molar-refractivity contribution < 1.29 is 19.5 Å². The van der Waals surface area contributed by atoms with E-state index >= 15 is 0 Å². The van der Waals surface area contributed by atoms with Gasteiger partial charge < -0.3 is 15.3 Å². The summed E-state index contributed by atoms with van der Waals surface area (Å²) in [5.41, 5.74) is 0.814. The molecular weight excluding hydrogens is 296 g/mol. The Balaban J connectivity index is 2.19. The second-order valence-corrected chi connectivity index (χ2v) is 5.84. The standard InChI is InChI=1S/C17H22N2O4/c1-3-6-13(17(22)23)18-15(20)12-7-4-5-8-14(12)19(2)16(21)11-9-10-11/h4-5,7-8,11,13H,3,6,9-10H2,1-2H3,(H,18,20)(H,22,23). The van der Waals surface area contributed by atoms with Crippen LogP contribution < -0.4 is 10.2 Å². The molecule has 6 heteroatoms. The van der Waals surface area contributed by atoms with Gasteiger partial charge in [0.15, 0.2) is 0 Å². The van der Waals surface area contributed by atoms with Gasteiger partial charge in [-0.25, -0.2) is 4.79 Å². The number of hydrogen-bond donors (Lipinski definition) is 2. The number of carboxylic acids is 1. The van der Waals surface area contributed by atoms with E-state index in [2.05, 4.69) is 5.32 Å². The molecule has 23 heavy (non-hydrogen) atoms. The Bertz CT molecular complexity index is 610. The number of rotatable bonds is 7. The number of carbonyl (C=O) groups is 3. The van der Waals surface area contributed by atoms with E-state index in [0.717, 1.165) is 12.8 Å². The highest BCUT2D eigenvalue weighted by Gasteiger charge is 2.33. The van der Waals surface area contributed by atoms with Crippen LogP contribution in [0.5, 0.6) is 0 Å². The quantitative estimate of drug-likeness (QED) is 0.805. The van der Waals surface area contributed by atoms with Gasteiger partial charge in [0.05, 0.1) is 11.3 Å². The van der Waals surface area contributed by atoms with Crippen LogP contribution in [0.25, 0.3) is 0 Å². The maximum Gasteiger partial charge on any atom is 0.326 e. The van der Waals surface area contributed by atoms with Crippen LogP contribution in [-0.2, 0) is 9.59 Å². The second-order valence-electron chi connectivity index (χ2n) is 5.84. The molecule has 1 atom stereocenters. The van der Waals surface area contributed by atoms with Crippen molar-refractivity contribution in [3.05, 3.63) is 29.8 Å². The van der Waals surface area contributed by atoms with Gasteiger partial charge in [0.1, 0.15) is 6.04 Å². The first kappa shape index (κ1) is 17.0. The molecular formula is C17H22N2O4. The van der Waals surface area contributed by atoms with Gasteiger partial charge in [-0.1, -0.05) is 25.5 Å². The van der Waals surface area contributed by atoms with Crippen LogP contribution in [0.3, 0.4) is 0 Å². The van der Waals surface area contributed by atoms with Crippen LogP contribution in [0, 0.1) is 5.92 Å². The lowest BCUT2D eigenvalue weighted by molar-refractivity contribution is -0.139. The molecule has 0 saturated heterocycles. The van der Waals surface area contributed by atoms with E-state index in [4.69, 9.17) is 5.11 Å². The molecule has 2 amide bonds. The maximum absolute atomic E-state index is 12.5. The third-order valence-corrected chi connectivity index (χ3v) is 3.95. The molecule has 1 fully saturated rings. The molecule has 1 saturated carbocycles. The van der Waals surface area contributed by atoms with Crippen LogP contribution in [0.1, 0.15) is 43.0 Å². The summed E-state index contributed by atoms with van der Waals surface area (Å²) in [6.07, 6.45) is 2.78. The van der Waals surface area contributed by atoms with Gasteiger partial charge in [-0.15, -0.1) is 0 Å². The van der Waals surface area contributed by atoms with E-state index in [9.17, 15) is 14.4 Å². The summed E-state index contributed by atoms with van der Waals surface area (Å²) in [7, 11) is 1.65. The van der Waals surface area contributed by atoms with Crippen molar-refractivity contribution >= 4 is 23.5 Å². The molecule has 1 aromatic rings. The average molecular weight is 318 g/mol. The minimum absolute atomic E-state index is 0.00593. The van der Waals surface area contributed by atoms with E-state index in [1.165, 1.54) is 4.90 Å². The molecule has 0 bridgehead atoms. The summed E-state index contributed by atoms with van der Waals surface area (Å²) < 4.78 is 0. The molecule has 0 spiro atoms. The molecule has 2 N–H and O–H groups in total. The Labute approximate surface area is 135 Å². The minimum Gasteiger partial charge on any atom is -0.480 e. The molecule has 1 aliphatic carbocycles. The predicted octanol–water partition coefficient (Wildman–Crippen LogP) is 2.04. The van der Waals surface area contributed by atoms with E-state index < -0.39 is 17.9 Å².